The zero-order valence-electron chi connectivity index (χ0n) is 14.2. The van der Waals surface area contributed by atoms with Crippen molar-refractivity contribution >= 4 is 18.1 Å². The number of fused-ring (bicyclic) bond motifs is 1. The van der Waals surface area contributed by atoms with Crippen molar-refractivity contribution in [2.45, 2.75) is 20.8 Å². The number of rotatable bonds is 2. The summed E-state index contributed by atoms with van der Waals surface area (Å²) in [7, 11) is 1.33. The van der Waals surface area contributed by atoms with Crippen molar-refractivity contribution in [3.63, 3.8) is 0 Å². The van der Waals surface area contributed by atoms with Gasteiger partial charge in [0, 0.05) is 49.6 Å². The van der Waals surface area contributed by atoms with E-state index in [0.29, 0.717) is 5.75 Å². The Balaban J connectivity index is 0.000000847. The highest BCUT2D eigenvalue weighted by molar-refractivity contribution is 7.71. The number of methoxy groups -OCH3 is 1. The molecule has 0 bridgehead atoms. The molecule has 0 unspecified atom stereocenters. The number of hydrogen-bond donors (Lipinski definition) is 0. The van der Waals surface area contributed by atoms with Gasteiger partial charge in [-0.3, -0.25) is 0 Å². The molecule has 3 heterocycles. The Morgan fingerprint density at radius 2 is 1.91 bits per heavy atom. The predicted octanol–water partition coefficient (Wildman–Crippen LogP) is 2.61. The van der Waals surface area contributed by atoms with E-state index in [2.05, 4.69) is 16.9 Å². The third-order valence-electron chi connectivity index (χ3n) is 4.12. The summed E-state index contributed by atoms with van der Waals surface area (Å²) >= 11 is 0. The minimum atomic E-state index is -2.37. The highest BCUT2D eigenvalue weighted by atomic mass is 31.2. The Morgan fingerprint density at radius 3 is 2.50 bits per heavy atom. The van der Waals surface area contributed by atoms with Gasteiger partial charge in [0.2, 0.25) is 0 Å². The fourth-order valence-corrected chi connectivity index (χ4v) is 5.63. The SMILES string of the molecule is CC.COc1cc2ncc(C)n2cc1P1(=O)CCN(C)CC1. The average molecular weight is 323 g/mol. The molecule has 1 saturated heterocycles. The molecule has 1 fully saturated rings. The van der Waals surface area contributed by atoms with E-state index in [9.17, 15) is 4.57 Å². The molecule has 2 aromatic rings. The van der Waals surface area contributed by atoms with E-state index in [0.717, 1.165) is 42.1 Å². The molecule has 6 heteroatoms. The van der Waals surface area contributed by atoms with Crippen molar-refractivity contribution in [1.82, 2.24) is 14.3 Å². The molecule has 1 aliphatic heterocycles. The van der Waals surface area contributed by atoms with Crippen LogP contribution in [0.15, 0.2) is 18.5 Å². The predicted molar refractivity (Wildman–Crippen MR) is 92.3 cm³/mol. The molecule has 2 aromatic heterocycles. The highest BCUT2D eigenvalue weighted by Gasteiger charge is 2.32. The zero-order valence-corrected chi connectivity index (χ0v) is 15.1. The van der Waals surface area contributed by atoms with Gasteiger partial charge in [0.15, 0.2) is 0 Å². The van der Waals surface area contributed by atoms with E-state index in [1.54, 1.807) is 7.11 Å². The largest absolute Gasteiger partial charge is 0.496 e. The van der Waals surface area contributed by atoms with E-state index in [-0.39, 0.29) is 0 Å². The minimum absolute atomic E-state index is 0.705. The van der Waals surface area contributed by atoms with Gasteiger partial charge in [0.25, 0.3) is 0 Å². The van der Waals surface area contributed by atoms with Gasteiger partial charge in [-0.05, 0) is 14.0 Å². The quantitative estimate of drug-likeness (QED) is 0.797. The van der Waals surface area contributed by atoms with Gasteiger partial charge in [-0.15, -0.1) is 0 Å². The number of aromatic nitrogens is 2. The van der Waals surface area contributed by atoms with E-state index >= 15 is 0 Å². The van der Waals surface area contributed by atoms with Gasteiger partial charge in [0.1, 0.15) is 18.5 Å². The van der Waals surface area contributed by atoms with Crippen molar-refractivity contribution in [2.24, 2.45) is 0 Å². The monoisotopic (exact) mass is 323 g/mol. The summed E-state index contributed by atoms with van der Waals surface area (Å²) in [5.41, 5.74) is 1.88. The summed E-state index contributed by atoms with van der Waals surface area (Å²) in [6.07, 6.45) is 5.23. The van der Waals surface area contributed by atoms with Crippen LogP contribution >= 0.6 is 7.14 Å². The second-order valence-electron chi connectivity index (χ2n) is 5.49. The average Bonchev–Trinajstić information content (AvgIpc) is 2.92. The number of pyridine rings is 1. The summed E-state index contributed by atoms with van der Waals surface area (Å²) in [5, 5.41) is 0.863. The lowest BCUT2D eigenvalue weighted by molar-refractivity contribution is 0.360. The van der Waals surface area contributed by atoms with Crippen molar-refractivity contribution in [1.29, 1.82) is 0 Å². The summed E-state index contributed by atoms with van der Waals surface area (Å²) in [6, 6.07) is 1.89. The van der Waals surface area contributed by atoms with Crippen molar-refractivity contribution in [3.05, 3.63) is 24.2 Å². The number of ether oxygens (including phenoxy) is 1. The van der Waals surface area contributed by atoms with Crippen LogP contribution in [0.1, 0.15) is 19.5 Å². The maximum absolute atomic E-state index is 13.3. The first-order valence-corrected chi connectivity index (χ1v) is 9.90. The van der Waals surface area contributed by atoms with Gasteiger partial charge >= 0.3 is 0 Å². The number of aryl methyl sites for hydroxylation is 1. The number of hydrogen-bond acceptors (Lipinski definition) is 4. The number of nitrogens with zero attached hydrogens (tertiary/aromatic N) is 3. The Labute approximate surface area is 132 Å². The first-order valence-electron chi connectivity index (χ1n) is 7.82. The van der Waals surface area contributed by atoms with E-state index < -0.39 is 7.14 Å². The first kappa shape index (κ1) is 17.0. The number of imidazole rings is 1. The van der Waals surface area contributed by atoms with Gasteiger partial charge in [0.05, 0.1) is 12.4 Å². The molecule has 3 rings (SSSR count). The van der Waals surface area contributed by atoms with Crippen molar-refractivity contribution in [2.75, 3.05) is 39.6 Å². The molecule has 0 spiro atoms. The maximum atomic E-state index is 13.3. The molecule has 0 aromatic carbocycles. The van der Waals surface area contributed by atoms with Crippen LogP contribution in [0.3, 0.4) is 0 Å². The molecule has 1 aliphatic rings. The summed E-state index contributed by atoms with van der Waals surface area (Å²) in [6.45, 7) is 7.75. The molecule has 0 radical (unpaired) electrons. The second-order valence-corrected chi connectivity index (χ2v) is 8.65. The molecule has 0 aliphatic carbocycles. The lowest BCUT2D eigenvalue weighted by Gasteiger charge is -2.30. The zero-order chi connectivity index (χ0) is 16.3. The smallest absolute Gasteiger partial charge is 0.140 e. The van der Waals surface area contributed by atoms with Crippen LogP contribution in [0.2, 0.25) is 0 Å². The Hall–Kier alpha value is -1.32. The van der Waals surface area contributed by atoms with Crippen molar-refractivity contribution < 1.29 is 9.30 Å². The normalized spacial score (nSPS) is 17.9. The van der Waals surface area contributed by atoms with Gasteiger partial charge in [-0.1, -0.05) is 13.8 Å². The molecule has 122 valence electrons. The van der Waals surface area contributed by atoms with Crippen LogP contribution in [0, 0.1) is 6.92 Å². The fourth-order valence-electron chi connectivity index (χ4n) is 2.72. The third-order valence-corrected chi connectivity index (χ3v) is 7.18. The third kappa shape index (κ3) is 3.06. The Bertz CT molecular complexity index is 684. The Kier molecular flexibility index (Phi) is 5.30. The molecular weight excluding hydrogens is 297 g/mol. The summed E-state index contributed by atoms with van der Waals surface area (Å²) < 4.78 is 20.8. The van der Waals surface area contributed by atoms with Crippen LogP contribution < -0.4 is 10.0 Å². The summed E-state index contributed by atoms with van der Waals surface area (Å²) in [5.74, 6) is 0.705. The van der Waals surface area contributed by atoms with Crippen LogP contribution in [-0.2, 0) is 4.57 Å². The highest BCUT2D eigenvalue weighted by Crippen LogP contribution is 2.48. The van der Waals surface area contributed by atoms with Crippen LogP contribution in [-0.4, -0.2) is 53.9 Å². The lowest BCUT2D eigenvalue weighted by Crippen LogP contribution is -2.34. The van der Waals surface area contributed by atoms with Crippen LogP contribution in [0.4, 0.5) is 0 Å². The molecule has 0 amide bonds. The standard InChI is InChI=1S/C14H20N3O2P.C2H6/c1-11-9-15-14-8-12(19-3)13(10-17(11)14)20(18)6-4-16(2)5-7-20;1-2/h8-10H,4-7H2,1-3H3;1-2H3. The molecule has 0 atom stereocenters. The maximum Gasteiger partial charge on any atom is 0.140 e. The van der Waals surface area contributed by atoms with Gasteiger partial charge in [-0.2, -0.15) is 0 Å². The molecule has 0 N–H and O–H groups in total. The molecule has 22 heavy (non-hydrogen) atoms. The molecule has 0 saturated carbocycles. The Morgan fingerprint density at radius 1 is 1.27 bits per heavy atom. The van der Waals surface area contributed by atoms with E-state index in [1.165, 1.54) is 0 Å². The molecular formula is C16H26N3O2P. The van der Waals surface area contributed by atoms with E-state index in [4.69, 9.17) is 4.74 Å². The van der Waals surface area contributed by atoms with Crippen molar-refractivity contribution in [3.8, 4) is 5.75 Å². The summed E-state index contributed by atoms with van der Waals surface area (Å²) in [4.78, 5) is 6.56. The lowest BCUT2D eigenvalue weighted by atomic mass is 10.4. The van der Waals surface area contributed by atoms with Gasteiger partial charge < -0.3 is 18.6 Å². The van der Waals surface area contributed by atoms with Crippen LogP contribution in [0.5, 0.6) is 5.75 Å². The second kappa shape index (κ2) is 6.84. The fraction of sp³-hybridized carbons (Fsp3) is 0.562. The topological polar surface area (TPSA) is 46.8 Å². The molecule has 5 nitrogen and oxygen atoms in total. The van der Waals surface area contributed by atoms with Gasteiger partial charge in [-0.25, -0.2) is 4.98 Å². The van der Waals surface area contributed by atoms with E-state index in [1.807, 2.05) is 43.6 Å². The minimum Gasteiger partial charge on any atom is -0.496 e. The first-order chi connectivity index (χ1) is 10.5. The van der Waals surface area contributed by atoms with Crippen LogP contribution in [0.25, 0.3) is 5.65 Å².